The number of nitrogens with zero attached hydrogens (tertiary/aromatic N) is 3. The standard InChI is InChI=1S/C28H34N5O7P/c1-3-5-9-23-32-25-26(33(23)17-19-7-6-8-22(27(19)35)40-41(36,37)38)20-16-18(10-11-21(20)31-28(25)29)12-14-39-15-13-30-24(34)4-2/h4,6-8,10-11,16,35H,2-3,5,9,12-15,17H2,1H3,(H2,29,31)(H,30,34)(H2,36,37,38). The molecule has 0 saturated heterocycles. The van der Waals surface area contributed by atoms with Crippen LogP contribution in [0.4, 0.5) is 5.82 Å². The highest BCUT2D eigenvalue weighted by atomic mass is 31.2. The van der Waals surface area contributed by atoms with Crippen molar-refractivity contribution in [1.29, 1.82) is 0 Å². The van der Waals surface area contributed by atoms with Crippen LogP contribution in [0.15, 0.2) is 49.1 Å². The molecular formula is C28H34N5O7P. The summed E-state index contributed by atoms with van der Waals surface area (Å²) in [5.41, 5.74) is 9.71. The number of pyridine rings is 1. The van der Waals surface area contributed by atoms with Crippen molar-refractivity contribution in [3.05, 3.63) is 66.0 Å². The first kappa shape index (κ1) is 30.0. The van der Waals surface area contributed by atoms with Crippen LogP contribution in [0.5, 0.6) is 11.5 Å². The number of anilines is 1. The van der Waals surface area contributed by atoms with E-state index < -0.39 is 7.82 Å². The molecule has 0 aliphatic heterocycles. The van der Waals surface area contributed by atoms with E-state index in [0.29, 0.717) is 49.2 Å². The van der Waals surface area contributed by atoms with E-state index >= 15 is 0 Å². The Kier molecular flexibility index (Phi) is 9.61. The van der Waals surface area contributed by atoms with Gasteiger partial charge < -0.3 is 30.0 Å². The summed E-state index contributed by atoms with van der Waals surface area (Å²) in [4.78, 5) is 39.2. The second kappa shape index (κ2) is 13.1. The maximum Gasteiger partial charge on any atom is 0.524 e. The number of unbranched alkanes of at least 4 members (excludes halogenated alkanes) is 1. The predicted octanol–water partition coefficient (Wildman–Crippen LogP) is 3.60. The number of phosphoric ester groups is 1. The summed E-state index contributed by atoms with van der Waals surface area (Å²) in [6.45, 7) is 6.86. The van der Waals surface area contributed by atoms with Crippen molar-refractivity contribution in [2.75, 3.05) is 25.5 Å². The molecule has 0 fully saturated rings. The average Bonchev–Trinajstić information content (AvgIpc) is 3.29. The van der Waals surface area contributed by atoms with Gasteiger partial charge in [-0.25, -0.2) is 14.5 Å². The first-order chi connectivity index (χ1) is 19.6. The Morgan fingerprint density at radius 1 is 1.20 bits per heavy atom. The highest BCUT2D eigenvalue weighted by molar-refractivity contribution is 7.46. The number of carbonyl (C=O) groups is 1. The minimum Gasteiger partial charge on any atom is -0.504 e. The third kappa shape index (κ3) is 7.42. The van der Waals surface area contributed by atoms with Crippen LogP contribution >= 0.6 is 7.82 Å². The van der Waals surface area contributed by atoms with Crippen molar-refractivity contribution in [3.8, 4) is 11.5 Å². The molecule has 218 valence electrons. The van der Waals surface area contributed by atoms with Crippen LogP contribution in [0.25, 0.3) is 21.9 Å². The molecule has 41 heavy (non-hydrogen) atoms. The Hall–Kier alpha value is -3.96. The molecule has 0 atom stereocenters. The van der Waals surface area contributed by atoms with Crippen molar-refractivity contribution >= 4 is 41.5 Å². The van der Waals surface area contributed by atoms with Crippen LogP contribution in [-0.4, -0.2) is 55.1 Å². The topological polar surface area (TPSA) is 182 Å². The zero-order chi connectivity index (χ0) is 29.6. The van der Waals surface area contributed by atoms with Gasteiger partial charge in [-0.2, -0.15) is 0 Å². The number of amides is 1. The van der Waals surface area contributed by atoms with Gasteiger partial charge >= 0.3 is 7.82 Å². The molecule has 1 amide bonds. The second-order valence-corrected chi connectivity index (χ2v) is 10.6. The highest BCUT2D eigenvalue weighted by Crippen LogP contribution is 2.43. The van der Waals surface area contributed by atoms with Crippen molar-refractivity contribution in [2.45, 2.75) is 39.2 Å². The number of nitrogens with one attached hydrogen (secondary N) is 1. The monoisotopic (exact) mass is 583 g/mol. The zero-order valence-corrected chi connectivity index (χ0v) is 23.6. The third-order valence-electron chi connectivity index (χ3n) is 6.49. The number of rotatable bonds is 14. The van der Waals surface area contributed by atoms with Crippen LogP contribution in [0.1, 0.15) is 36.7 Å². The lowest BCUT2D eigenvalue weighted by Crippen LogP contribution is -2.25. The fraction of sp³-hybridized carbons (Fsp3) is 0.321. The molecule has 0 unspecified atom stereocenters. The number of aryl methyl sites for hydroxylation is 1. The molecule has 0 aliphatic rings. The van der Waals surface area contributed by atoms with Crippen molar-refractivity contribution in [1.82, 2.24) is 19.9 Å². The number of hydrogen-bond donors (Lipinski definition) is 5. The fourth-order valence-electron chi connectivity index (χ4n) is 4.53. The van der Waals surface area contributed by atoms with Crippen LogP contribution in [0.2, 0.25) is 0 Å². The lowest BCUT2D eigenvalue weighted by atomic mass is 10.1. The van der Waals surface area contributed by atoms with Gasteiger partial charge in [0.15, 0.2) is 17.3 Å². The number of phosphoric acid groups is 1. The summed E-state index contributed by atoms with van der Waals surface area (Å²) in [6.07, 6.45) is 4.30. The summed E-state index contributed by atoms with van der Waals surface area (Å²) in [5, 5.41) is 14.3. The van der Waals surface area contributed by atoms with E-state index in [1.807, 2.05) is 22.8 Å². The number of phenols is 1. The molecule has 12 nitrogen and oxygen atoms in total. The number of nitrogens with two attached hydrogens (primary N) is 1. The average molecular weight is 584 g/mol. The van der Waals surface area contributed by atoms with Crippen molar-refractivity contribution in [2.24, 2.45) is 0 Å². The Labute approximate surface area is 237 Å². The molecule has 4 aromatic rings. The summed E-state index contributed by atoms with van der Waals surface area (Å²) >= 11 is 0. The fourth-order valence-corrected chi connectivity index (χ4v) is 4.94. The molecular weight excluding hydrogens is 549 g/mol. The number of phenolic OH excluding ortho intramolecular Hbond substituents is 1. The van der Waals surface area contributed by atoms with Crippen LogP contribution in [-0.2, 0) is 33.5 Å². The maximum absolute atomic E-state index is 11.4. The summed E-state index contributed by atoms with van der Waals surface area (Å²) in [5.74, 6) is 0.104. The van der Waals surface area contributed by atoms with E-state index in [0.717, 1.165) is 35.1 Å². The number of para-hydroxylation sites is 1. The van der Waals surface area contributed by atoms with Gasteiger partial charge in [-0.3, -0.25) is 14.6 Å². The minimum atomic E-state index is -4.87. The largest absolute Gasteiger partial charge is 0.524 e. The molecule has 2 heterocycles. The van der Waals surface area contributed by atoms with Crippen LogP contribution in [0.3, 0.4) is 0 Å². The van der Waals surface area contributed by atoms with E-state index in [4.69, 9.17) is 15.5 Å². The third-order valence-corrected chi connectivity index (χ3v) is 6.93. The predicted molar refractivity (Wildman–Crippen MR) is 156 cm³/mol. The van der Waals surface area contributed by atoms with Gasteiger partial charge in [0, 0.05) is 23.9 Å². The van der Waals surface area contributed by atoms with E-state index in [-0.39, 0.29) is 29.8 Å². The van der Waals surface area contributed by atoms with Crippen molar-refractivity contribution in [3.63, 3.8) is 0 Å². The summed E-state index contributed by atoms with van der Waals surface area (Å²) in [6, 6.07) is 10.4. The Morgan fingerprint density at radius 3 is 2.73 bits per heavy atom. The van der Waals surface area contributed by atoms with Gasteiger partial charge in [0.05, 0.1) is 30.8 Å². The molecule has 0 bridgehead atoms. The van der Waals surface area contributed by atoms with E-state index in [1.54, 1.807) is 12.1 Å². The number of aromatic nitrogens is 3. The number of aromatic hydroxyl groups is 1. The van der Waals surface area contributed by atoms with Gasteiger partial charge in [0.1, 0.15) is 11.3 Å². The molecule has 0 saturated carbocycles. The number of ether oxygens (including phenoxy) is 1. The maximum atomic E-state index is 11.4. The molecule has 13 heteroatoms. The van der Waals surface area contributed by atoms with Crippen molar-refractivity contribution < 1.29 is 33.5 Å². The SMILES string of the molecule is C=CC(=O)NCCOCCc1ccc2nc(N)c3nc(CCCC)n(Cc4cccc(OP(=O)(O)O)c4O)c3c2c1. The van der Waals surface area contributed by atoms with E-state index in [9.17, 15) is 24.3 Å². The number of nitrogen functional groups attached to an aromatic ring is 1. The first-order valence-corrected chi connectivity index (χ1v) is 14.8. The summed E-state index contributed by atoms with van der Waals surface area (Å²) in [7, 11) is -4.87. The summed E-state index contributed by atoms with van der Waals surface area (Å²) < 4.78 is 23.7. The molecule has 6 N–H and O–H groups in total. The molecule has 0 spiro atoms. The number of benzene rings is 2. The van der Waals surface area contributed by atoms with Gasteiger partial charge in [-0.1, -0.05) is 38.1 Å². The lowest BCUT2D eigenvalue weighted by Gasteiger charge is -2.15. The minimum absolute atomic E-state index is 0.155. The highest BCUT2D eigenvalue weighted by Gasteiger charge is 2.22. The normalized spacial score (nSPS) is 11.7. The molecule has 0 aliphatic carbocycles. The van der Waals surface area contributed by atoms with E-state index in [1.165, 1.54) is 12.1 Å². The number of imidazole rings is 1. The van der Waals surface area contributed by atoms with Gasteiger partial charge in [0.25, 0.3) is 0 Å². The Balaban J connectivity index is 1.71. The molecule has 2 aromatic carbocycles. The number of fused-ring (bicyclic) bond motifs is 3. The Morgan fingerprint density at radius 2 is 2.00 bits per heavy atom. The van der Waals surface area contributed by atoms with Crippen LogP contribution in [0, 0.1) is 0 Å². The number of hydrogen-bond acceptors (Lipinski definition) is 8. The Bertz CT molecular complexity index is 1610. The first-order valence-electron chi connectivity index (χ1n) is 13.2. The van der Waals surface area contributed by atoms with Gasteiger partial charge in [0.2, 0.25) is 5.91 Å². The smallest absolute Gasteiger partial charge is 0.504 e. The van der Waals surface area contributed by atoms with Crippen LogP contribution < -0.4 is 15.6 Å². The molecule has 2 aromatic heterocycles. The number of carbonyl (C=O) groups excluding carboxylic acids is 1. The zero-order valence-electron chi connectivity index (χ0n) is 22.7. The molecule has 4 rings (SSSR count). The lowest BCUT2D eigenvalue weighted by molar-refractivity contribution is -0.116. The van der Waals surface area contributed by atoms with Gasteiger partial charge in [-0.15, -0.1) is 0 Å². The quantitative estimate of drug-likeness (QED) is 0.0835. The van der Waals surface area contributed by atoms with E-state index in [2.05, 4.69) is 28.3 Å². The van der Waals surface area contributed by atoms with Gasteiger partial charge in [-0.05, 0) is 42.7 Å². The second-order valence-electron chi connectivity index (χ2n) is 9.47. The molecule has 0 radical (unpaired) electrons.